The Kier molecular flexibility index (Phi) is 9.15. The van der Waals surface area contributed by atoms with Crippen molar-refractivity contribution < 1.29 is 14.0 Å². The van der Waals surface area contributed by atoms with E-state index >= 15 is 4.39 Å². The van der Waals surface area contributed by atoms with Crippen LogP contribution in [0.25, 0.3) is 0 Å². The third-order valence-corrected chi connectivity index (χ3v) is 9.85. The summed E-state index contributed by atoms with van der Waals surface area (Å²) in [7, 11) is 0. The van der Waals surface area contributed by atoms with Crippen LogP contribution in [0.4, 0.5) is 15.8 Å². The fourth-order valence-corrected chi connectivity index (χ4v) is 7.59. The molecule has 1 saturated carbocycles. The molecule has 4 aliphatic rings. The summed E-state index contributed by atoms with van der Waals surface area (Å²) in [5.41, 5.74) is 3.76. The summed E-state index contributed by atoms with van der Waals surface area (Å²) in [5.74, 6) is -1.35. The van der Waals surface area contributed by atoms with Crippen LogP contribution >= 0.6 is 0 Å². The van der Waals surface area contributed by atoms with Gasteiger partial charge in [0.2, 0.25) is 5.91 Å². The van der Waals surface area contributed by atoms with Gasteiger partial charge in [-0.3, -0.25) is 9.59 Å². The molecular weight excluding hydrogens is 539 g/mol. The summed E-state index contributed by atoms with van der Waals surface area (Å²) in [4.78, 5) is 32.2. The Morgan fingerprint density at radius 1 is 0.907 bits per heavy atom. The molecule has 6 rings (SSSR count). The second-order valence-electron chi connectivity index (χ2n) is 12.8. The summed E-state index contributed by atoms with van der Waals surface area (Å²) in [6.07, 6.45) is 17.2. The van der Waals surface area contributed by atoms with Crippen LogP contribution < -0.4 is 15.5 Å². The van der Waals surface area contributed by atoms with Crippen molar-refractivity contribution in [1.29, 1.82) is 0 Å². The lowest BCUT2D eigenvalue weighted by Gasteiger charge is -2.44. The highest BCUT2D eigenvalue weighted by Gasteiger charge is 2.43. The molecular formula is C36H45FN4O2. The molecule has 6 nitrogen and oxygen atoms in total. The van der Waals surface area contributed by atoms with E-state index in [9.17, 15) is 9.59 Å². The molecule has 3 fully saturated rings. The molecule has 228 valence electrons. The van der Waals surface area contributed by atoms with Crippen LogP contribution in [0.5, 0.6) is 0 Å². The lowest BCUT2D eigenvalue weighted by molar-refractivity contribution is -0.123. The van der Waals surface area contributed by atoms with E-state index in [0.717, 1.165) is 36.6 Å². The number of nitrogens with one attached hydrogen (secondary N) is 2. The topological polar surface area (TPSA) is 64.7 Å². The van der Waals surface area contributed by atoms with Crippen LogP contribution in [0.3, 0.4) is 0 Å². The number of halogens is 1. The summed E-state index contributed by atoms with van der Waals surface area (Å²) < 4.78 is 15.0. The predicted molar refractivity (Wildman–Crippen MR) is 171 cm³/mol. The van der Waals surface area contributed by atoms with Crippen molar-refractivity contribution in [2.75, 3.05) is 29.9 Å². The van der Waals surface area contributed by atoms with Gasteiger partial charge in [0.1, 0.15) is 5.82 Å². The molecule has 2 heterocycles. The second-order valence-corrected chi connectivity index (χ2v) is 12.8. The van der Waals surface area contributed by atoms with E-state index in [4.69, 9.17) is 0 Å². The zero-order chi connectivity index (χ0) is 29.8. The summed E-state index contributed by atoms with van der Waals surface area (Å²) in [6, 6.07) is 13.0. The number of hydrogen-bond donors (Lipinski definition) is 2. The average molecular weight is 585 g/mol. The number of carbonyl (C=O) groups is 2. The highest BCUT2D eigenvalue weighted by Crippen LogP contribution is 2.36. The van der Waals surface area contributed by atoms with Crippen LogP contribution in [-0.4, -0.2) is 48.4 Å². The standard InChI is InChI=1S/C36H45FN4O2/c1-25-10-7-16-32(37)33(25)36(43)41-23-9-15-31(35(42)39-29-13-8-14-30(24-29)40-21-5-6-22-40)34(41)26-17-19-28(20-18-26)38-27-11-3-2-4-12-27/h7-8,10,13-14,16-17,19-20,24,26-27,31,34,38H,2-6,9,11-12,15,18,21-23H2,1H3,(H,39,42)/t26?,31?,34-/m0/s1. The minimum absolute atomic E-state index is 0.0417. The van der Waals surface area contributed by atoms with E-state index in [1.165, 1.54) is 51.0 Å². The Balaban J connectivity index is 1.25. The number of nitrogens with zero attached hydrogens (tertiary/aromatic N) is 2. The first-order chi connectivity index (χ1) is 21.0. The maximum absolute atomic E-state index is 15.0. The van der Waals surface area contributed by atoms with Gasteiger partial charge in [0.05, 0.1) is 17.5 Å². The van der Waals surface area contributed by atoms with Crippen LogP contribution in [0.2, 0.25) is 0 Å². The normalized spacial score (nSPS) is 24.5. The highest BCUT2D eigenvalue weighted by molar-refractivity contribution is 5.98. The number of piperidine rings is 1. The first-order valence-corrected chi connectivity index (χ1v) is 16.3. The van der Waals surface area contributed by atoms with Gasteiger partial charge >= 0.3 is 0 Å². The molecule has 0 aromatic heterocycles. The molecule has 7 heteroatoms. The molecule has 2 unspecified atom stereocenters. The maximum Gasteiger partial charge on any atom is 0.257 e. The van der Waals surface area contributed by atoms with E-state index in [0.29, 0.717) is 31.0 Å². The molecule has 2 N–H and O–H groups in total. The fourth-order valence-electron chi connectivity index (χ4n) is 7.59. The van der Waals surface area contributed by atoms with Crippen LogP contribution in [0.15, 0.2) is 66.4 Å². The molecule has 2 saturated heterocycles. The molecule has 43 heavy (non-hydrogen) atoms. The number of carbonyl (C=O) groups excluding carboxylic acids is 2. The van der Waals surface area contributed by atoms with Gasteiger partial charge < -0.3 is 20.4 Å². The first kappa shape index (κ1) is 29.5. The third kappa shape index (κ3) is 6.66. The van der Waals surface area contributed by atoms with Crippen LogP contribution in [0, 0.1) is 24.6 Å². The molecule has 2 aliphatic carbocycles. The second kappa shape index (κ2) is 13.4. The number of anilines is 2. The van der Waals surface area contributed by atoms with Crippen molar-refractivity contribution in [1.82, 2.24) is 10.2 Å². The summed E-state index contributed by atoms with van der Waals surface area (Å²) in [6.45, 7) is 4.35. The lowest BCUT2D eigenvalue weighted by Crippen LogP contribution is -2.55. The number of amides is 2. The Bertz CT molecular complexity index is 1350. The molecule has 2 amide bonds. The van der Waals surface area contributed by atoms with Crippen molar-refractivity contribution in [2.24, 2.45) is 11.8 Å². The Hall–Kier alpha value is -3.61. The van der Waals surface area contributed by atoms with Crippen molar-refractivity contribution in [3.8, 4) is 0 Å². The predicted octanol–water partition coefficient (Wildman–Crippen LogP) is 6.98. The first-order valence-electron chi connectivity index (χ1n) is 16.3. The molecule has 3 atom stereocenters. The van der Waals surface area contributed by atoms with E-state index in [1.807, 2.05) is 12.1 Å². The number of hydrogen-bond acceptors (Lipinski definition) is 4. The van der Waals surface area contributed by atoms with Gasteiger partial charge in [0.15, 0.2) is 0 Å². The summed E-state index contributed by atoms with van der Waals surface area (Å²) >= 11 is 0. The van der Waals surface area contributed by atoms with Gasteiger partial charge in [-0.2, -0.15) is 0 Å². The largest absolute Gasteiger partial charge is 0.383 e. The van der Waals surface area contributed by atoms with Crippen molar-refractivity contribution >= 4 is 23.2 Å². The SMILES string of the molecule is Cc1cccc(F)c1C(=O)N1CCCC(C(=O)Nc2cccc(N3CCCC3)c2)[C@@H]1C1C=CC(NC2CCCCC2)=CC1. The number of benzene rings is 2. The number of likely N-dealkylation sites (tertiary alicyclic amines) is 1. The number of aryl methyl sites for hydroxylation is 1. The maximum atomic E-state index is 15.0. The fraction of sp³-hybridized carbons (Fsp3) is 0.500. The minimum Gasteiger partial charge on any atom is -0.383 e. The molecule has 2 aliphatic heterocycles. The average Bonchev–Trinajstić information content (AvgIpc) is 3.57. The zero-order valence-corrected chi connectivity index (χ0v) is 25.4. The van der Waals surface area contributed by atoms with Crippen molar-refractivity contribution in [3.63, 3.8) is 0 Å². The number of allylic oxidation sites excluding steroid dienone is 2. The van der Waals surface area contributed by atoms with Gasteiger partial charge in [-0.1, -0.05) is 49.6 Å². The number of rotatable bonds is 7. The zero-order valence-electron chi connectivity index (χ0n) is 25.4. The molecule has 0 radical (unpaired) electrons. The smallest absolute Gasteiger partial charge is 0.257 e. The van der Waals surface area contributed by atoms with E-state index < -0.39 is 11.7 Å². The third-order valence-electron chi connectivity index (χ3n) is 9.85. The van der Waals surface area contributed by atoms with Crippen LogP contribution in [-0.2, 0) is 4.79 Å². The Morgan fingerprint density at radius 3 is 2.44 bits per heavy atom. The van der Waals surface area contributed by atoms with Gasteiger partial charge in [-0.05, 0) is 87.8 Å². The molecule has 0 spiro atoms. The van der Waals surface area contributed by atoms with Gasteiger partial charge in [-0.15, -0.1) is 0 Å². The van der Waals surface area contributed by atoms with E-state index in [2.05, 4.69) is 45.9 Å². The van der Waals surface area contributed by atoms with Crippen LogP contribution in [0.1, 0.15) is 80.1 Å². The molecule has 0 bridgehead atoms. The minimum atomic E-state index is -0.507. The summed E-state index contributed by atoms with van der Waals surface area (Å²) in [5, 5.41) is 6.91. The van der Waals surface area contributed by atoms with E-state index in [1.54, 1.807) is 24.0 Å². The lowest BCUT2D eigenvalue weighted by atomic mass is 9.77. The highest BCUT2D eigenvalue weighted by atomic mass is 19.1. The van der Waals surface area contributed by atoms with Gasteiger partial charge in [0.25, 0.3) is 5.91 Å². The Morgan fingerprint density at radius 2 is 1.70 bits per heavy atom. The van der Waals surface area contributed by atoms with Gasteiger partial charge in [0, 0.05) is 48.7 Å². The van der Waals surface area contributed by atoms with Gasteiger partial charge in [-0.25, -0.2) is 4.39 Å². The van der Waals surface area contributed by atoms with Crippen molar-refractivity contribution in [3.05, 3.63) is 83.3 Å². The van der Waals surface area contributed by atoms with Crippen molar-refractivity contribution in [2.45, 2.75) is 83.2 Å². The van der Waals surface area contributed by atoms with E-state index in [-0.39, 0.29) is 29.3 Å². The Labute approximate surface area is 255 Å². The molecule has 2 aromatic carbocycles. The quantitative estimate of drug-likeness (QED) is 0.369. The monoisotopic (exact) mass is 584 g/mol. The molecule has 2 aromatic rings.